The zero-order chi connectivity index (χ0) is 16.0. The van der Waals surface area contributed by atoms with E-state index < -0.39 is 17.7 Å². The van der Waals surface area contributed by atoms with Gasteiger partial charge in [0.25, 0.3) is 0 Å². The molecule has 0 radical (unpaired) electrons. The number of rotatable bonds is 7. The van der Waals surface area contributed by atoms with Crippen LogP contribution in [0.1, 0.15) is 32.3 Å². The van der Waals surface area contributed by atoms with E-state index in [9.17, 15) is 18.0 Å². The van der Waals surface area contributed by atoms with Crippen molar-refractivity contribution in [2.24, 2.45) is 5.92 Å². The Labute approximate surface area is 122 Å². The van der Waals surface area contributed by atoms with Gasteiger partial charge in [-0.15, -0.1) is 0 Å². The van der Waals surface area contributed by atoms with Gasteiger partial charge in [0.05, 0.1) is 12.0 Å². The van der Waals surface area contributed by atoms with E-state index in [0.29, 0.717) is 18.2 Å². The van der Waals surface area contributed by atoms with Gasteiger partial charge in [-0.3, -0.25) is 4.79 Å². The minimum absolute atomic E-state index is 0.103. The van der Waals surface area contributed by atoms with Gasteiger partial charge in [0, 0.05) is 18.8 Å². The lowest BCUT2D eigenvalue weighted by Crippen LogP contribution is -2.28. The molecule has 1 aromatic rings. The predicted molar refractivity (Wildman–Crippen MR) is 75.4 cm³/mol. The first-order valence-electron chi connectivity index (χ1n) is 6.84. The van der Waals surface area contributed by atoms with Gasteiger partial charge >= 0.3 is 12.1 Å². The van der Waals surface area contributed by atoms with Gasteiger partial charge in [-0.05, 0) is 30.5 Å². The number of nitrogens with zero attached hydrogens (tertiary/aromatic N) is 1. The monoisotopic (exact) mass is 303 g/mol. The van der Waals surface area contributed by atoms with Crippen molar-refractivity contribution in [2.75, 3.05) is 18.0 Å². The summed E-state index contributed by atoms with van der Waals surface area (Å²) < 4.78 is 38.2. The first-order valence-corrected chi connectivity index (χ1v) is 6.84. The Morgan fingerprint density at radius 3 is 2.48 bits per heavy atom. The van der Waals surface area contributed by atoms with Crippen LogP contribution >= 0.6 is 0 Å². The zero-order valence-corrected chi connectivity index (χ0v) is 12.2. The van der Waals surface area contributed by atoms with Crippen LogP contribution in [0.4, 0.5) is 18.9 Å². The lowest BCUT2D eigenvalue weighted by molar-refractivity contribution is -0.138. The molecule has 1 N–H and O–H groups in total. The van der Waals surface area contributed by atoms with E-state index in [-0.39, 0.29) is 13.0 Å². The highest BCUT2D eigenvalue weighted by atomic mass is 19.4. The van der Waals surface area contributed by atoms with Crippen LogP contribution in [0.5, 0.6) is 0 Å². The molecule has 21 heavy (non-hydrogen) atoms. The van der Waals surface area contributed by atoms with Gasteiger partial charge in [-0.2, -0.15) is 13.2 Å². The average molecular weight is 303 g/mol. The number of carboxylic acids is 1. The largest absolute Gasteiger partial charge is 0.481 e. The fourth-order valence-corrected chi connectivity index (χ4v) is 1.89. The van der Waals surface area contributed by atoms with Crippen molar-refractivity contribution in [2.45, 2.75) is 32.9 Å². The minimum atomic E-state index is -4.40. The molecular weight excluding hydrogens is 283 g/mol. The van der Waals surface area contributed by atoms with Gasteiger partial charge in [0.15, 0.2) is 0 Å². The fraction of sp³-hybridized carbons (Fsp3) is 0.533. The summed E-state index contributed by atoms with van der Waals surface area (Å²) in [6, 6.07) is 5.02. The zero-order valence-electron chi connectivity index (χ0n) is 12.2. The normalized spacial score (nSPS) is 11.7. The summed E-state index contributed by atoms with van der Waals surface area (Å²) in [7, 11) is 0. The highest BCUT2D eigenvalue weighted by Crippen LogP contribution is 2.31. The van der Waals surface area contributed by atoms with Gasteiger partial charge in [-0.1, -0.05) is 19.9 Å². The Morgan fingerprint density at radius 2 is 1.95 bits per heavy atom. The summed E-state index contributed by atoms with van der Waals surface area (Å²) in [5, 5.41) is 8.76. The third-order valence-electron chi connectivity index (χ3n) is 3.11. The topological polar surface area (TPSA) is 40.5 Å². The number of hydrogen-bond donors (Lipinski definition) is 1. The number of aliphatic carboxylic acids is 1. The predicted octanol–water partition coefficient (Wildman–Crippen LogP) is 4.03. The van der Waals surface area contributed by atoms with E-state index in [1.54, 1.807) is 11.0 Å². The molecule has 0 aliphatic heterocycles. The second-order valence-corrected chi connectivity index (χ2v) is 5.36. The third kappa shape index (κ3) is 6.06. The van der Waals surface area contributed by atoms with Gasteiger partial charge in [0.1, 0.15) is 0 Å². The molecule has 0 spiro atoms. The molecule has 118 valence electrons. The van der Waals surface area contributed by atoms with Crippen molar-refractivity contribution < 1.29 is 23.1 Å². The van der Waals surface area contributed by atoms with Crippen LogP contribution in [0.15, 0.2) is 24.3 Å². The van der Waals surface area contributed by atoms with Crippen LogP contribution in [-0.4, -0.2) is 24.2 Å². The molecule has 0 bridgehead atoms. The van der Waals surface area contributed by atoms with E-state index in [2.05, 4.69) is 0 Å². The van der Waals surface area contributed by atoms with Crippen molar-refractivity contribution in [3.63, 3.8) is 0 Å². The first-order chi connectivity index (χ1) is 9.70. The molecule has 0 saturated carbocycles. The summed E-state index contributed by atoms with van der Waals surface area (Å²) in [6.45, 7) is 4.76. The summed E-state index contributed by atoms with van der Waals surface area (Å²) in [6.07, 6.45) is -3.71. The molecule has 1 aromatic carbocycles. The Bertz CT molecular complexity index is 472. The number of alkyl halides is 3. The molecule has 1 rings (SSSR count). The molecule has 6 heteroatoms. The van der Waals surface area contributed by atoms with Crippen molar-refractivity contribution >= 4 is 11.7 Å². The molecule has 0 aromatic heterocycles. The second kappa shape index (κ2) is 7.33. The highest BCUT2D eigenvalue weighted by molar-refractivity contribution is 5.67. The van der Waals surface area contributed by atoms with E-state index in [1.165, 1.54) is 6.07 Å². The van der Waals surface area contributed by atoms with Crippen LogP contribution in [0.3, 0.4) is 0 Å². The maximum atomic E-state index is 12.7. The number of halogens is 3. The molecular formula is C15H20F3NO2. The maximum absolute atomic E-state index is 12.7. The third-order valence-corrected chi connectivity index (χ3v) is 3.11. The van der Waals surface area contributed by atoms with Crippen molar-refractivity contribution in [1.82, 2.24) is 0 Å². The van der Waals surface area contributed by atoms with Gasteiger partial charge in [0.2, 0.25) is 0 Å². The first kappa shape index (κ1) is 17.3. The number of benzene rings is 1. The van der Waals surface area contributed by atoms with Crippen LogP contribution in [0.2, 0.25) is 0 Å². The lowest BCUT2D eigenvalue weighted by atomic mass is 10.1. The molecule has 0 amide bonds. The number of carbonyl (C=O) groups is 1. The van der Waals surface area contributed by atoms with Crippen LogP contribution in [0, 0.1) is 5.92 Å². The summed E-state index contributed by atoms with van der Waals surface area (Å²) in [5.74, 6) is -0.570. The fourth-order valence-electron chi connectivity index (χ4n) is 1.89. The standard InChI is InChI=1S/C15H20F3NO2/c1-11(2)6-8-19(9-7-14(20)21)13-5-3-4-12(10-13)15(16,17)18/h3-5,10-11H,6-9H2,1-2H3,(H,20,21). The van der Waals surface area contributed by atoms with E-state index in [4.69, 9.17) is 5.11 Å². The molecule has 0 aliphatic rings. The van der Waals surface area contributed by atoms with Crippen LogP contribution < -0.4 is 4.90 Å². The van der Waals surface area contributed by atoms with E-state index in [0.717, 1.165) is 18.6 Å². The SMILES string of the molecule is CC(C)CCN(CCC(=O)O)c1cccc(C(F)(F)F)c1. The Kier molecular flexibility index (Phi) is 6.05. The van der Waals surface area contributed by atoms with Gasteiger partial charge < -0.3 is 10.0 Å². The van der Waals surface area contributed by atoms with Crippen LogP contribution in [-0.2, 0) is 11.0 Å². The van der Waals surface area contributed by atoms with Crippen molar-refractivity contribution in [3.8, 4) is 0 Å². The van der Waals surface area contributed by atoms with Crippen molar-refractivity contribution in [3.05, 3.63) is 29.8 Å². The Hall–Kier alpha value is -1.72. The molecule has 0 heterocycles. The van der Waals surface area contributed by atoms with Crippen molar-refractivity contribution in [1.29, 1.82) is 0 Å². The maximum Gasteiger partial charge on any atom is 0.416 e. The van der Waals surface area contributed by atoms with Gasteiger partial charge in [-0.25, -0.2) is 0 Å². The summed E-state index contributed by atoms with van der Waals surface area (Å²) in [5.41, 5.74) is -0.309. The molecule has 0 saturated heterocycles. The quantitative estimate of drug-likeness (QED) is 0.826. The molecule has 0 aliphatic carbocycles. The second-order valence-electron chi connectivity index (χ2n) is 5.36. The molecule has 0 atom stereocenters. The summed E-state index contributed by atoms with van der Waals surface area (Å²) >= 11 is 0. The molecule has 0 fully saturated rings. The molecule has 3 nitrogen and oxygen atoms in total. The Morgan fingerprint density at radius 1 is 1.29 bits per heavy atom. The number of carboxylic acid groups (broad SMARTS) is 1. The average Bonchev–Trinajstić information content (AvgIpc) is 2.37. The number of anilines is 1. The van der Waals surface area contributed by atoms with Crippen LogP contribution in [0.25, 0.3) is 0 Å². The van der Waals surface area contributed by atoms with E-state index in [1.807, 2.05) is 13.8 Å². The number of hydrogen-bond acceptors (Lipinski definition) is 2. The summed E-state index contributed by atoms with van der Waals surface area (Å²) in [4.78, 5) is 12.4. The molecule has 0 unspecified atom stereocenters. The smallest absolute Gasteiger partial charge is 0.416 e. The lowest BCUT2D eigenvalue weighted by Gasteiger charge is -2.26. The van der Waals surface area contributed by atoms with E-state index >= 15 is 0 Å². The Balaban J connectivity index is 2.92. The minimum Gasteiger partial charge on any atom is -0.481 e. The highest BCUT2D eigenvalue weighted by Gasteiger charge is 2.30.